The number of anilines is 1. The maximum atomic E-state index is 13.1. The minimum atomic E-state index is -3.47. The molecule has 0 aliphatic heterocycles. The van der Waals surface area contributed by atoms with Crippen LogP contribution in [-0.2, 0) is 15.9 Å². The maximum Gasteiger partial charge on any atom is 0.272 e. The highest BCUT2D eigenvalue weighted by atomic mass is 32.2. The fourth-order valence-corrected chi connectivity index (χ4v) is 2.00. The van der Waals surface area contributed by atoms with E-state index in [1.54, 1.807) is 0 Å². The summed E-state index contributed by atoms with van der Waals surface area (Å²) in [6, 6.07) is 1.13. The van der Waals surface area contributed by atoms with Crippen molar-refractivity contribution < 1.29 is 17.2 Å². The maximum absolute atomic E-state index is 13.1. The van der Waals surface area contributed by atoms with Crippen molar-refractivity contribution in [1.82, 2.24) is 4.98 Å². The largest absolute Gasteiger partial charge is 0.272 e. The molecule has 0 aromatic carbocycles. The number of aromatic nitrogens is 1. The summed E-state index contributed by atoms with van der Waals surface area (Å²) >= 11 is 0. The predicted molar refractivity (Wildman–Crippen MR) is 61.7 cm³/mol. The summed E-state index contributed by atoms with van der Waals surface area (Å²) in [6.07, 6.45) is 2.26. The Kier molecular flexibility index (Phi) is 3.71. The molecule has 1 heterocycles. The predicted octanol–water partition coefficient (Wildman–Crippen LogP) is 1.98. The number of alkyl halides is 2. The zero-order valence-corrected chi connectivity index (χ0v) is 10.6. The Hall–Kier alpha value is -1.24. The van der Waals surface area contributed by atoms with Crippen LogP contribution in [0.5, 0.6) is 0 Å². The second-order valence-corrected chi connectivity index (χ2v) is 5.98. The molecule has 0 aliphatic rings. The molecule has 1 aromatic rings. The van der Waals surface area contributed by atoms with E-state index in [-0.39, 0.29) is 17.0 Å². The summed E-state index contributed by atoms with van der Waals surface area (Å²) in [7, 11) is -2.15. The molecule has 7 heteroatoms. The first-order valence-electron chi connectivity index (χ1n) is 4.98. The third-order valence-electron chi connectivity index (χ3n) is 2.38. The van der Waals surface area contributed by atoms with Crippen LogP contribution in [-0.4, -0.2) is 26.2 Å². The van der Waals surface area contributed by atoms with Gasteiger partial charge in [-0.25, -0.2) is 17.2 Å². The standard InChI is InChI=1S/C10H14F2N2O2S/c1-4-17(15,16)14(3)9-5-8(6-13-7-9)10(2,11)12/h5-7H,4H2,1-3H3. The lowest BCUT2D eigenvalue weighted by Crippen LogP contribution is -2.28. The Balaban J connectivity index is 3.18. The molecule has 0 aliphatic carbocycles. The lowest BCUT2D eigenvalue weighted by molar-refractivity contribution is 0.0171. The summed E-state index contributed by atoms with van der Waals surface area (Å²) < 4.78 is 50.2. The summed E-state index contributed by atoms with van der Waals surface area (Å²) in [4.78, 5) is 3.63. The number of hydrogen-bond donors (Lipinski definition) is 0. The van der Waals surface area contributed by atoms with Crippen molar-refractivity contribution in [3.63, 3.8) is 0 Å². The molecule has 0 saturated carbocycles. The zero-order chi connectivity index (χ0) is 13.3. The van der Waals surface area contributed by atoms with Crippen LogP contribution in [0.3, 0.4) is 0 Å². The molecule has 0 spiro atoms. The van der Waals surface area contributed by atoms with E-state index >= 15 is 0 Å². The van der Waals surface area contributed by atoms with Crippen molar-refractivity contribution in [1.29, 1.82) is 0 Å². The van der Waals surface area contributed by atoms with Crippen molar-refractivity contribution in [2.75, 3.05) is 17.1 Å². The van der Waals surface area contributed by atoms with Crippen molar-refractivity contribution >= 4 is 15.7 Å². The van der Waals surface area contributed by atoms with Crippen molar-refractivity contribution in [2.24, 2.45) is 0 Å². The fourth-order valence-electron chi connectivity index (χ4n) is 1.19. The van der Waals surface area contributed by atoms with Crippen LogP contribution < -0.4 is 4.31 Å². The molecule has 0 fully saturated rings. The zero-order valence-electron chi connectivity index (χ0n) is 9.81. The number of hydrogen-bond acceptors (Lipinski definition) is 3. The average Bonchev–Trinajstić information content (AvgIpc) is 2.27. The Morgan fingerprint density at radius 2 is 2.00 bits per heavy atom. The quantitative estimate of drug-likeness (QED) is 0.835. The van der Waals surface area contributed by atoms with Gasteiger partial charge in [-0.3, -0.25) is 9.29 Å². The molecule has 0 N–H and O–H groups in total. The Labute approximate surface area is 99.3 Å². The van der Waals surface area contributed by atoms with Gasteiger partial charge in [0, 0.05) is 25.7 Å². The van der Waals surface area contributed by atoms with Crippen molar-refractivity contribution in [2.45, 2.75) is 19.8 Å². The highest BCUT2D eigenvalue weighted by Crippen LogP contribution is 2.29. The number of nitrogens with zero attached hydrogens (tertiary/aromatic N) is 2. The van der Waals surface area contributed by atoms with Crippen LogP contribution in [0.25, 0.3) is 0 Å². The highest BCUT2D eigenvalue weighted by Gasteiger charge is 2.26. The van der Waals surface area contributed by atoms with E-state index in [0.29, 0.717) is 0 Å². The number of halogens is 2. The van der Waals surface area contributed by atoms with E-state index in [2.05, 4.69) is 4.98 Å². The molecule has 1 aromatic heterocycles. The third kappa shape index (κ3) is 3.12. The van der Waals surface area contributed by atoms with Gasteiger partial charge in [0.2, 0.25) is 10.0 Å². The van der Waals surface area contributed by atoms with E-state index in [1.165, 1.54) is 20.2 Å². The van der Waals surface area contributed by atoms with Crippen LogP contribution in [0.4, 0.5) is 14.5 Å². The van der Waals surface area contributed by atoms with Gasteiger partial charge in [-0.1, -0.05) is 0 Å². The topological polar surface area (TPSA) is 50.3 Å². The van der Waals surface area contributed by atoms with Gasteiger partial charge < -0.3 is 0 Å². The molecule has 0 radical (unpaired) electrons. The van der Waals surface area contributed by atoms with Gasteiger partial charge in [0.1, 0.15) is 0 Å². The van der Waals surface area contributed by atoms with Gasteiger partial charge in [0.25, 0.3) is 5.92 Å². The van der Waals surface area contributed by atoms with Gasteiger partial charge in [0.05, 0.1) is 17.6 Å². The molecule has 17 heavy (non-hydrogen) atoms. The number of pyridine rings is 1. The van der Waals surface area contributed by atoms with Crippen LogP contribution in [0.15, 0.2) is 18.5 Å². The smallest absolute Gasteiger partial charge is 0.272 e. The summed E-state index contributed by atoms with van der Waals surface area (Å²) in [5.41, 5.74) is -0.181. The van der Waals surface area contributed by atoms with Crippen LogP contribution in [0.1, 0.15) is 19.4 Å². The third-order valence-corrected chi connectivity index (χ3v) is 4.15. The Morgan fingerprint density at radius 3 is 2.47 bits per heavy atom. The van der Waals surface area contributed by atoms with Crippen molar-refractivity contribution in [3.05, 3.63) is 24.0 Å². The van der Waals surface area contributed by atoms with Gasteiger partial charge in [-0.2, -0.15) is 0 Å². The first kappa shape index (κ1) is 13.8. The lowest BCUT2D eigenvalue weighted by Gasteiger charge is -2.19. The van der Waals surface area contributed by atoms with E-state index in [1.807, 2.05) is 0 Å². The van der Waals surface area contributed by atoms with Gasteiger partial charge in [-0.15, -0.1) is 0 Å². The monoisotopic (exact) mass is 264 g/mol. The molecular weight excluding hydrogens is 250 g/mol. The number of rotatable bonds is 4. The Morgan fingerprint density at radius 1 is 1.41 bits per heavy atom. The van der Waals surface area contributed by atoms with Gasteiger partial charge in [0.15, 0.2) is 0 Å². The molecular formula is C10H14F2N2O2S. The van der Waals surface area contributed by atoms with E-state index in [0.717, 1.165) is 23.5 Å². The summed E-state index contributed by atoms with van der Waals surface area (Å²) in [6.45, 7) is 2.22. The Bertz CT molecular complexity index is 497. The summed E-state index contributed by atoms with van der Waals surface area (Å²) in [5.74, 6) is -3.14. The minimum Gasteiger partial charge on any atom is -0.272 e. The van der Waals surface area contributed by atoms with Gasteiger partial charge >= 0.3 is 0 Å². The normalized spacial score (nSPS) is 12.5. The highest BCUT2D eigenvalue weighted by molar-refractivity contribution is 7.92. The van der Waals surface area contributed by atoms with E-state index < -0.39 is 15.9 Å². The molecule has 0 amide bonds. The van der Waals surface area contributed by atoms with Crippen LogP contribution >= 0.6 is 0 Å². The second kappa shape index (κ2) is 4.56. The van der Waals surface area contributed by atoms with Crippen LogP contribution in [0, 0.1) is 0 Å². The SMILES string of the molecule is CCS(=O)(=O)N(C)c1cncc(C(C)(F)F)c1. The molecule has 0 saturated heterocycles. The van der Waals surface area contributed by atoms with Gasteiger partial charge in [-0.05, 0) is 13.0 Å². The molecule has 0 unspecified atom stereocenters. The molecule has 96 valence electrons. The minimum absolute atomic E-state index is 0.101. The lowest BCUT2D eigenvalue weighted by atomic mass is 10.1. The van der Waals surface area contributed by atoms with Crippen LogP contribution in [0.2, 0.25) is 0 Å². The molecule has 0 bridgehead atoms. The molecule has 1 rings (SSSR count). The number of sulfonamides is 1. The fraction of sp³-hybridized carbons (Fsp3) is 0.500. The molecule has 4 nitrogen and oxygen atoms in total. The van der Waals surface area contributed by atoms with E-state index in [4.69, 9.17) is 0 Å². The van der Waals surface area contributed by atoms with E-state index in [9.17, 15) is 17.2 Å². The summed E-state index contributed by atoms with van der Waals surface area (Å²) in [5, 5.41) is 0. The second-order valence-electron chi connectivity index (χ2n) is 3.69. The first-order chi connectivity index (χ1) is 7.68. The van der Waals surface area contributed by atoms with Crippen molar-refractivity contribution in [3.8, 4) is 0 Å². The first-order valence-corrected chi connectivity index (χ1v) is 6.59. The molecule has 0 atom stereocenters. The average molecular weight is 264 g/mol.